The molecule has 1 unspecified atom stereocenters. The van der Waals surface area contributed by atoms with Gasteiger partial charge < -0.3 is 15.4 Å². The number of rotatable bonds is 6. The lowest BCUT2D eigenvalue weighted by Gasteiger charge is -2.12. The minimum absolute atomic E-state index is 0.0678. The minimum atomic E-state index is -0.0678. The van der Waals surface area contributed by atoms with E-state index in [-0.39, 0.29) is 12.0 Å². The second-order valence-electron chi connectivity index (χ2n) is 6.29. The normalized spacial score (nSPS) is 16.9. The number of carbonyl (C=O) groups excluding carboxylic acids is 1. The number of carbonyl (C=O) groups is 1. The molecule has 6 nitrogen and oxygen atoms in total. The van der Waals surface area contributed by atoms with Crippen molar-refractivity contribution in [1.82, 2.24) is 15.3 Å². The van der Waals surface area contributed by atoms with Crippen molar-refractivity contribution in [3.8, 4) is 0 Å². The first kappa shape index (κ1) is 17.4. The molecule has 1 amide bonds. The van der Waals surface area contributed by atoms with Crippen LogP contribution in [0.2, 0.25) is 0 Å². The average Bonchev–Trinajstić information content (AvgIpc) is 3.40. The number of nitrogens with zero attached hydrogens (tertiary/aromatic N) is 2. The fraction of sp³-hybridized carbons (Fsp3) is 0.389. The Balaban J connectivity index is 1.53. The molecule has 1 fully saturated rings. The maximum Gasteiger partial charge on any atom is 0.261 e. The predicted octanol–water partition coefficient (Wildman–Crippen LogP) is 3.58. The second kappa shape index (κ2) is 7.69. The maximum absolute atomic E-state index is 12.6. The van der Waals surface area contributed by atoms with E-state index in [4.69, 9.17) is 4.74 Å². The molecule has 1 aliphatic heterocycles. The summed E-state index contributed by atoms with van der Waals surface area (Å²) in [4.78, 5) is 22.9. The number of ether oxygens (including phenoxy) is 1. The number of aryl methyl sites for hydroxylation is 1. The maximum atomic E-state index is 12.6. The fourth-order valence-electron chi connectivity index (χ4n) is 3.09. The third-order valence-electron chi connectivity index (χ3n) is 4.49. The molecule has 3 aromatic heterocycles. The van der Waals surface area contributed by atoms with E-state index in [9.17, 15) is 4.79 Å². The van der Waals surface area contributed by atoms with Crippen LogP contribution in [0.3, 0.4) is 0 Å². The monoisotopic (exact) mass is 388 g/mol. The van der Waals surface area contributed by atoms with Crippen LogP contribution in [0.1, 0.15) is 33.6 Å². The summed E-state index contributed by atoms with van der Waals surface area (Å²) in [5, 5.41) is 11.3. The lowest BCUT2D eigenvalue weighted by molar-refractivity contribution is 0.0954. The van der Waals surface area contributed by atoms with Gasteiger partial charge in [-0.1, -0.05) is 0 Å². The molecular weight excluding hydrogens is 368 g/mol. The van der Waals surface area contributed by atoms with Gasteiger partial charge in [-0.15, -0.1) is 11.3 Å². The molecule has 26 heavy (non-hydrogen) atoms. The molecule has 0 saturated carbocycles. The zero-order valence-electron chi connectivity index (χ0n) is 14.4. The van der Waals surface area contributed by atoms with Crippen LogP contribution in [0.4, 0.5) is 5.82 Å². The summed E-state index contributed by atoms with van der Waals surface area (Å²) in [6.45, 7) is 4.04. The molecule has 1 saturated heterocycles. The van der Waals surface area contributed by atoms with Crippen molar-refractivity contribution in [3.05, 3.63) is 39.2 Å². The SMILES string of the molecule is Cc1c(C(=O)NCc2ccsc2)sc2ncnc(NCC3CCCO3)c12. The Kier molecular flexibility index (Phi) is 5.14. The van der Waals surface area contributed by atoms with Gasteiger partial charge in [0.15, 0.2) is 0 Å². The van der Waals surface area contributed by atoms with E-state index in [2.05, 4.69) is 20.6 Å². The summed E-state index contributed by atoms with van der Waals surface area (Å²) in [5.74, 6) is 0.706. The van der Waals surface area contributed by atoms with Crippen LogP contribution < -0.4 is 10.6 Å². The minimum Gasteiger partial charge on any atom is -0.376 e. The van der Waals surface area contributed by atoms with Gasteiger partial charge in [0.2, 0.25) is 0 Å². The van der Waals surface area contributed by atoms with E-state index in [1.807, 2.05) is 23.8 Å². The van der Waals surface area contributed by atoms with E-state index in [1.54, 1.807) is 17.7 Å². The number of anilines is 1. The molecule has 8 heteroatoms. The first-order chi connectivity index (χ1) is 12.7. The number of hydrogen-bond acceptors (Lipinski definition) is 7. The lowest BCUT2D eigenvalue weighted by Crippen LogP contribution is -2.22. The van der Waals surface area contributed by atoms with Crippen molar-refractivity contribution in [2.45, 2.75) is 32.4 Å². The first-order valence-electron chi connectivity index (χ1n) is 8.61. The molecule has 0 spiro atoms. The van der Waals surface area contributed by atoms with Gasteiger partial charge in [0.25, 0.3) is 5.91 Å². The molecule has 3 aromatic rings. The zero-order chi connectivity index (χ0) is 17.9. The summed E-state index contributed by atoms with van der Waals surface area (Å²) >= 11 is 3.04. The van der Waals surface area contributed by atoms with Crippen LogP contribution in [-0.2, 0) is 11.3 Å². The Morgan fingerprint density at radius 1 is 1.42 bits per heavy atom. The molecule has 2 N–H and O–H groups in total. The van der Waals surface area contributed by atoms with Gasteiger partial charge in [-0.3, -0.25) is 4.79 Å². The van der Waals surface area contributed by atoms with Crippen LogP contribution >= 0.6 is 22.7 Å². The highest BCUT2D eigenvalue weighted by atomic mass is 32.1. The Hall–Kier alpha value is -2.03. The Morgan fingerprint density at radius 2 is 2.35 bits per heavy atom. The summed E-state index contributed by atoms with van der Waals surface area (Å²) in [5.41, 5.74) is 2.03. The summed E-state index contributed by atoms with van der Waals surface area (Å²) < 4.78 is 5.66. The molecule has 1 atom stereocenters. The molecule has 0 aliphatic carbocycles. The van der Waals surface area contributed by atoms with Crippen molar-refractivity contribution in [2.75, 3.05) is 18.5 Å². The van der Waals surface area contributed by atoms with Crippen molar-refractivity contribution >= 4 is 44.6 Å². The lowest BCUT2D eigenvalue weighted by atomic mass is 10.2. The smallest absolute Gasteiger partial charge is 0.261 e. The highest BCUT2D eigenvalue weighted by molar-refractivity contribution is 7.20. The van der Waals surface area contributed by atoms with Crippen LogP contribution in [-0.4, -0.2) is 35.1 Å². The van der Waals surface area contributed by atoms with E-state index in [0.717, 1.165) is 53.2 Å². The van der Waals surface area contributed by atoms with Gasteiger partial charge in [0, 0.05) is 19.7 Å². The van der Waals surface area contributed by atoms with Crippen LogP contribution in [0.25, 0.3) is 10.2 Å². The van der Waals surface area contributed by atoms with E-state index >= 15 is 0 Å². The van der Waals surface area contributed by atoms with Gasteiger partial charge >= 0.3 is 0 Å². The van der Waals surface area contributed by atoms with Gasteiger partial charge in [-0.05, 0) is 47.7 Å². The Bertz CT molecular complexity index is 901. The van der Waals surface area contributed by atoms with Gasteiger partial charge in [0.1, 0.15) is 17.0 Å². The third-order valence-corrected chi connectivity index (χ3v) is 6.42. The predicted molar refractivity (Wildman–Crippen MR) is 105 cm³/mol. The van der Waals surface area contributed by atoms with Gasteiger partial charge in [-0.2, -0.15) is 11.3 Å². The first-order valence-corrected chi connectivity index (χ1v) is 10.4. The molecule has 0 radical (unpaired) electrons. The van der Waals surface area contributed by atoms with Crippen LogP contribution in [0.5, 0.6) is 0 Å². The van der Waals surface area contributed by atoms with E-state index in [0.29, 0.717) is 11.4 Å². The summed E-state index contributed by atoms with van der Waals surface area (Å²) in [6, 6.07) is 2.02. The largest absolute Gasteiger partial charge is 0.376 e. The summed E-state index contributed by atoms with van der Waals surface area (Å²) in [7, 11) is 0. The average molecular weight is 389 g/mol. The molecule has 136 valence electrons. The Morgan fingerprint density at radius 3 is 3.12 bits per heavy atom. The molecule has 0 bridgehead atoms. The number of amides is 1. The number of fused-ring (bicyclic) bond motifs is 1. The topological polar surface area (TPSA) is 76.1 Å². The van der Waals surface area contributed by atoms with Crippen molar-refractivity contribution < 1.29 is 9.53 Å². The van der Waals surface area contributed by atoms with E-state index in [1.165, 1.54) is 11.3 Å². The highest BCUT2D eigenvalue weighted by Crippen LogP contribution is 2.33. The van der Waals surface area contributed by atoms with Crippen molar-refractivity contribution in [1.29, 1.82) is 0 Å². The molecule has 1 aliphatic rings. The highest BCUT2D eigenvalue weighted by Gasteiger charge is 2.20. The number of thiophene rings is 2. The number of aromatic nitrogens is 2. The van der Waals surface area contributed by atoms with Gasteiger partial charge in [-0.25, -0.2) is 9.97 Å². The fourth-order valence-corrected chi connectivity index (χ4v) is 4.83. The second-order valence-corrected chi connectivity index (χ2v) is 8.07. The number of nitrogens with one attached hydrogen (secondary N) is 2. The standard InChI is InChI=1S/C18H20N4O2S2/c1-11-14-16(19-8-13-3-2-5-24-13)21-10-22-18(14)26-15(11)17(23)20-7-12-4-6-25-9-12/h4,6,9-10,13H,2-3,5,7-8H2,1H3,(H,20,23)(H,19,21,22). The van der Waals surface area contributed by atoms with Crippen LogP contribution in [0.15, 0.2) is 23.2 Å². The molecule has 4 rings (SSSR count). The molecule has 4 heterocycles. The number of hydrogen-bond donors (Lipinski definition) is 2. The van der Waals surface area contributed by atoms with E-state index < -0.39 is 0 Å². The van der Waals surface area contributed by atoms with Crippen LogP contribution in [0, 0.1) is 6.92 Å². The molecule has 0 aromatic carbocycles. The zero-order valence-corrected chi connectivity index (χ0v) is 16.1. The van der Waals surface area contributed by atoms with Crippen molar-refractivity contribution in [3.63, 3.8) is 0 Å². The van der Waals surface area contributed by atoms with Gasteiger partial charge in [0.05, 0.1) is 16.4 Å². The summed E-state index contributed by atoms with van der Waals surface area (Å²) in [6.07, 6.45) is 3.95. The third kappa shape index (κ3) is 3.58. The Labute approximate surface area is 159 Å². The molecular formula is C18H20N4O2S2. The quantitative estimate of drug-likeness (QED) is 0.675. The van der Waals surface area contributed by atoms with Crippen molar-refractivity contribution in [2.24, 2.45) is 0 Å².